The van der Waals surface area contributed by atoms with Crippen LogP contribution in [0.4, 0.5) is 5.82 Å². The number of nitrogens with two attached hydrogens (primary N) is 1. The fourth-order valence-electron chi connectivity index (χ4n) is 3.88. The van der Waals surface area contributed by atoms with Crippen LogP contribution in [-0.2, 0) is 14.5 Å². The van der Waals surface area contributed by atoms with E-state index in [1.807, 2.05) is 53.4 Å². The second-order valence-electron chi connectivity index (χ2n) is 7.99. The van der Waals surface area contributed by atoms with Gasteiger partial charge in [-0.25, -0.2) is 15.1 Å². The van der Waals surface area contributed by atoms with Gasteiger partial charge in [0.05, 0.1) is 12.2 Å². The Morgan fingerprint density at radius 1 is 1.24 bits per heavy atom. The average Bonchev–Trinajstić information content (AvgIpc) is 3.46. The van der Waals surface area contributed by atoms with E-state index in [1.165, 1.54) is 12.5 Å². The summed E-state index contributed by atoms with van der Waals surface area (Å²) in [4.78, 5) is 21.4. The molecule has 9 nitrogen and oxygen atoms in total. The van der Waals surface area contributed by atoms with Crippen LogP contribution >= 0.6 is 0 Å². The zero-order chi connectivity index (χ0) is 23.3. The highest BCUT2D eigenvalue weighted by Crippen LogP contribution is 2.29. The van der Waals surface area contributed by atoms with Crippen LogP contribution < -0.4 is 10.5 Å². The maximum Gasteiger partial charge on any atom is 0.333 e. The molecule has 1 aromatic carbocycles. The highest BCUT2D eigenvalue weighted by atomic mass is 32.2. The summed E-state index contributed by atoms with van der Waals surface area (Å²) in [6.45, 7) is 0.0522. The Morgan fingerprint density at radius 2 is 2.06 bits per heavy atom. The van der Waals surface area contributed by atoms with Gasteiger partial charge in [0.2, 0.25) is 0 Å². The first-order valence-electron chi connectivity index (χ1n) is 10.6. The van der Waals surface area contributed by atoms with Gasteiger partial charge in [-0.15, -0.1) is 0 Å². The number of benzene rings is 1. The van der Waals surface area contributed by atoms with Gasteiger partial charge >= 0.3 is 10.3 Å². The fraction of sp³-hybridized carbons (Fsp3) is 0.261. The van der Waals surface area contributed by atoms with Crippen LogP contribution in [0.25, 0.3) is 12.3 Å². The van der Waals surface area contributed by atoms with Crippen LogP contribution in [0, 0.1) is 5.92 Å². The molecule has 0 bridgehead atoms. The van der Waals surface area contributed by atoms with Crippen molar-refractivity contribution in [2.75, 3.05) is 11.9 Å². The van der Waals surface area contributed by atoms with E-state index >= 15 is 0 Å². The van der Waals surface area contributed by atoms with E-state index in [9.17, 15) is 13.2 Å². The summed E-state index contributed by atoms with van der Waals surface area (Å²) in [5, 5.41) is 8.22. The Hall–Kier alpha value is -3.34. The van der Waals surface area contributed by atoms with Crippen LogP contribution in [0.2, 0.25) is 0 Å². The molecule has 0 saturated heterocycles. The predicted octanol–water partition coefficient (Wildman–Crippen LogP) is 2.94. The molecule has 0 amide bonds. The van der Waals surface area contributed by atoms with E-state index in [1.54, 1.807) is 12.3 Å². The van der Waals surface area contributed by atoms with Crippen molar-refractivity contribution in [1.29, 1.82) is 0 Å². The Morgan fingerprint density at radius 3 is 2.85 bits per heavy atom. The lowest BCUT2D eigenvalue weighted by molar-refractivity contribution is 0.103. The number of anilines is 1. The number of nitrogens with one attached hydrogen (secondary N) is 1. The van der Waals surface area contributed by atoms with Crippen molar-refractivity contribution in [3.63, 3.8) is 0 Å². The minimum absolute atomic E-state index is 0.0407. The summed E-state index contributed by atoms with van der Waals surface area (Å²) in [5.41, 5.74) is 1.97. The van der Waals surface area contributed by atoms with Gasteiger partial charge < -0.3 is 9.88 Å². The molecular weight excluding hydrogens is 442 g/mol. The minimum atomic E-state index is -3.95. The normalized spacial score (nSPS) is 18.6. The summed E-state index contributed by atoms with van der Waals surface area (Å²) < 4.78 is 28.6. The van der Waals surface area contributed by atoms with Gasteiger partial charge in [-0.05, 0) is 42.9 Å². The summed E-state index contributed by atoms with van der Waals surface area (Å²) in [5.74, 6) is 0.338. The highest BCUT2D eigenvalue weighted by Gasteiger charge is 2.27. The molecule has 0 spiro atoms. The fourth-order valence-corrected chi connectivity index (χ4v) is 4.27. The third-order valence-corrected chi connectivity index (χ3v) is 5.99. The van der Waals surface area contributed by atoms with Crippen LogP contribution in [0.15, 0.2) is 61.3 Å². The zero-order valence-electron chi connectivity index (χ0n) is 17.9. The molecule has 2 atom stereocenters. The number of carbonyl (C=O) groups is 1. The number of aromatic nitrogens is 3. The first-order valence-corrected chi connectivity index (χ1v) is 12.0. The first kappa shape index (κ1) is 22.8. The van der Waals surface area contributed by atoms with E-state index in [0.29, 0.717) is 23.4 Å². The summed E-state index contributed by atoms with van der Waals surface area (Å²) in [6, 6.07) is 11.7. The van der Waals surface area contributed by atoms with Crippen molar-refractivity contribution in [1.82, 2.24) is 14.5 Å². The topological polar surface area (TPSA) is 129 Å². The first-order chi connectivity index (χ1) is 15.9. The molecule has 172 valence electrons. The SMILES string of the molecule is NS(=O)(=O)OC[C@@H]1CC[C@H](Nc2ncncc2C(=O)c2ccn(/C=C\c3ccccc3)c2)C1. The van der Waals surface area contributed by atoms with Gasteiger partial charge in [0.25, 0.3) is 0 Å². The third-order valence-electron chi connectivity index (χ3n) is 5.52. The molecule has 1 aliphatic rings. The van der Waals surface area contributed by atoms with Crippen LogP contribution in [0.5, 0.6) is 0 Å². The number of ketones is 1. The molecule has 33 heavy (non-hydrogen) atoms. The average molecular weight is 468 g/mol. The number of carbonyl (C=O) groups excluding carboxylic acids is 1. The molecule has 3 N–H and O–H groups in total. The van der Waals surface area contributed by atoms with Crippen molar-refractivity contribution in [2.24, 2.45) is 11.1 Å². The van der Waals surface area contributed by atoms with Crippen molar-refractivity contribution < 1.29 is 17.4 Å². The monoisotopic (exact) mass is 467 g/mol. The lowest BCUT2D eigenvalue weighted by Gasteiger charge is -2.15. The van der Waals surface area contributed by atoms with Crippen molar-refractivity contribution in [2.45, 2.75) is 25.3 Å². The largest absolute Gasteiger partial charge is 0.367 e. The summed E-state index contributed by atoms with van der Waals surface area (Å²) in [7, 11) is -3.95. The lowest BCUT2D eigenvalue weighted by Crippen LogP contribution is -2.22. The van der Waals surface area contributed by atoms with E-state index < -0.39 is 10.3 Å². The molecule has 10 heteroatoms. The molecule has 3 aromatic rings. The van der Waals surface area contributed by atoms with E-state index in [0.717, 1.165) is 18.4 Å². The van der Waals surface area contributed by atoms with E-state index in [4.69, 9.17) is 9.32 Å². The Labute approximate surface area is 192 Å². The standard InChI is InChI=1S/C23H25N5O4S/c24-33(30,31)32-15-18-6-7-20(12-18)27-23-21(13-25-16-26-23)22(29)19-9-11-28(14-19)10-8-17-4-2-1-3-5-17/h1-5,8-11,13-14,16,18,20H,6-7,12,15H2,(H2,24,30,31)(H,25,26,27)/b10-8-/t18-,20+/m1/s1. The van der Waals surface area contributed by atoms with E-state index in [-0.39, 0.29) is 24.3 Å². The quantitative estimate of drug-likeness (QED) is 0.463. The molecule has 2 heterocycles. The van der Waals surface area contributed by atoms with Gasteiger partial charge in [0, 0.05) is 36.4 Å². The maximum absolute atomic E-state index is 13.1. The second kappa shape index (κ2) is 10.1. The lowest BCUT2D eigenvalue weighted by atomic mass is 10.1. The molecule has 0 radical (unpaired) electrons. The van der Waals surface area contributed by atoms with Gasteiger partial charge in [-0.2, -0.15) is 8.42 Å². The zero-order valence-corrected chi connectivity index (χ0v) is 18.7. The van der Waals surface area contributed by atoms with Gasteiger partial charge in [-0.1, -0.05) is 30.3 Å². The van der Waals surface area contributed by atoms with E-state index in [2.05, 4.69) is 15.3 Å². The molecule has 0 unspecified atom stereocenters. The number of rotatable bonds is 9. The molecule has 1 fully saturated rings. The number of hydrogen-bond donors (Lipinski definition) is 2. The van der Waals surface area contributed by atoms with Crippen LogP contribution in [0.1, 0.15) is 40.7 Å². The smallest absolute Gasteiger partial charge is 0.333 e. The number of hydrogen-bond acceptors (Lipinski definition) is 7. The van der Waals surface area contributed by atoms with Gasteiger partial charge in [0.1, 0.15) is 12.1 Å². The van der Waals surface area contributed by atoms with Crippen molar-refractivity contribution >= 4 is 34.2 Å². The Balaban J connectivity index is 1.42. The molecule has 4 rings (SSSR count). The van der Waals surface area contributed by atoms with Crippen molar-refractivity contribution in [3.8, 4) is 0 Å². The van der Waals surface area contributed by atoms with Crippen LogP contribution in [-0.4, -0.2) is 41.4 Å². The van der Waals surface area contributed by atoms with Gasteiger partial charge in [0.15, 0.2) is 5.78 Å². The maximum atomic E-state index is 13.1. The third kappa shape index (κ3) is 6.35. The predicted molar refractivity (Wildman–Crippen MR) is 125 cm³/mol. The minimum Gasteiger partial charge on any atom is -0.367 e. The van der Waals surface area contributed by atoms with Gasteiger partial charge in [-0.3, -0.25) is 8.98 Å². The molecular formula is C23H25N5O4S. The highest BCUT2D eigenvalue weighted by molar-refractivity contribution is 7.84. The van der Waals surface area contributed by atoms with Crippen molar-refractivity contribution in [3.05, 3.63) is 78.0 Å². The summed E-state index contributed by atoms with van der Waals surface area (Å²) in [6.07, 6.45) is 12.6. The molecule has 1 saturated carbocycles. The number of nitrogens with zero attached hydrogens (tertiary/aromatic N) is 3. The molecule has 1 aliphatic carbocycles. The second-order valence-corrected chi connectivity index (χ2v) is 9.21. The Kier molecular flexibility index (Phi) is 6.97. The summed E-state index contributed by atoms with van der Waals surface area (Å²) >= 11 is 0. The Bertz CT molecular complexity index is 1240. The van der Waals surface area contributed by atoms with Crippen LogP contribution in [0.3, 0.4) is 0 Å². The molecule has 2 aromatic heterocycles. The molecule has 0 aliphatic heterocycles.